The lowest BCUT2D eigenvalue weighted by Crippen LogP contribution is -2.10. The van der Waals surface area contributed by atoms with Gasteiger partial charge in [0.05, 0.1) is 13.3 Å². The van der Waals surface area contributed by atoms with Crippen molar-refractivity contribution in [2.75, 3.05) is 26.9 Å². The van der Waals surface area contributed by atoms with Crippen molar-refractivity contribution in [3.63, 3.8) is 0 Å². The number of hydrogen-bond acceptors (Lipinski definition) is 4. The van der Waals surface area contributed by atoms with Gasteiger partial charge in [-0.3, -0.25) is 5.10 Å². The Morgan fingerprint density at radius 2 is 2.11 bits per heavy atom. The van der Waals surface area contributed by atoms with E-state index in [1.165, 1.54) is 5.56 Å². The normalized spacial score (nSPS) is 10.9. The molecule has 0 saturated carbocycles. The zero-order chi connectivity index (χ0) is 13.1. The molecular weight excluding hydrogens is 228 g/mol. The van der Waals surface area contributed by atoms with Crippen molar-refractivity contribution in [2.45, 2.75) is 6.54 Å². The van der Waals surface area contributed by atoms with Crippen LogP contribution in [0.4, 0.5) is 5.82 Å². The van der Waals surface area contributed by atoms with Crippen molar-refractivity contribution in [3.05, 3.63) is 30.0 Å². The third-order valence-corrected chi connectivity index (χ3v) is 2.72. The van der Waals surface area contributed by atoms with Gasteiger partial charge >= 0.3 is 0 Å². The monoisotopic (exact) mass is 246 g/mol. The summed E-state index contributed by atoms with van der Waals surface area (Å²) in [5.74, 6) is 1.35. The summed E-state index contributed by atoms with van der Waals surface area (Å²) in [6, 6.07) is 6.10. The average Bonchev–Trinajstić information content (AvgIpc) is 2.74. The highest BCUT2D eigenvalue weighted by Crippen LogP contribution is 2.33. The van der Waals surface area contributed by atoms with E-state index < -0.39 is 0 Å². The summed E-state index contributed by atoms with van der Waals surface area (Å²) in [5, 5.41) is 6.69. The summed E-state index contributed by atoms with van der Waals surface area (Å²) >= 11 is 0. The van der Waals surface area contributed by atoms with Crippen LogP contribution >= 0.6 is 0 Å². The van der Waals surface area contributed by atoms with Gasteiger partial charge in [-0.05, 0) is 31.8 Å². The van der Waals surface area contributed by atoms with Crippen LogP contribution in [0.1, 0.15) is 5.56 Å². The number of nitrogens with zero attached hydrogens (tertiary/aromatic N) is 2. The average molecular weight is 246 g/mol. The van der Waals surface area contributed by atoms with Crippen LogP contribution in [0.5, 0.6) is 5.75 Å². The van der Waals surface area contributed by atoms with Gasteiger partial charge in [0.2, 0.25) is 0 Å². The summed E-state index contributed by atoms with van der Waals surface area (Å²) in [4.78, 5) is 2.12. The van der Waals surface area contributed by atoms with E-state index >= 15 is 0 Å². The number of benzene rings is 1. The number of ether oxygens (including phenoxy) is 1. The Bertz CT molecular complexity index is 534. The lowest BCUT2D eigenvalue weighted by Gasteiger charge is -2.13. The van der Waals surface area contributed by atoms with Crippen LogP contribution in [-0.4, -0.2) is 36.3 Å². The molecule has 0 radical (unpaired) electrons. The molecule has 0 fully saturated rings. The van der Waals surface area contributed by atoms with Crippen LogP contribution in [0, 0.1) is 0 Å². The highest BCUT2D eigenvalue weighted by molar-refractivity contribution is 5.78. The lowest BCUT2D eigenvalue weighted by atomic mass is 10.0. The summed E-state index contributed by atoms with van der Waals surface area (Å²) in [6.45, 7) is 0.870. The maximum absolute atomic E-state index is 5.86. The number of nitrogens with one attached hydrogen (secondary N) is 1. The number of rotatable bonds is 4. The van der Waals surface area contributed by atoms with Gasteiger partial charge in [-0.1, -0.05) is 6.07 Å². The Balaban J connectivity index is 2.46. The summed E-state index contributed by atoms with van der Waals surface area (Å²) in [6.07, 6.45) is 1.71. The number of nitrogen functional groups attached to an aromatic ring is 1. The van der Waals surface area contributed by atoms with E-state index in [9.17, 15) is 0 Å². The fourth-order valence-electron chi connectivity index (χ4n) is 1.94. The van der Waals surface area contributed by atoms with Crippen LogP contribution in [0.3, 0.4) is 0 Å². The number of hydrogen-bond donors (Lipinski definition) is 2. The van der Waals surface area contributed by atoms with Crippen molar-refractivity contribution in [2.24, 2.45) is 0 Å². The predicted octanol–water partition coefficient (Wildman–Crippen LogP) is 1.73. The molecule has 0 spiro atoms. The van der Waals surface area contributed by atoms with Crippen LogP contribution < -0.4 is 10.5 Å². The molecular formula is C13H18N4O. The fourth-order valence-corrected chi connectivity index (χ4v) is 1.94. The first-order valence-electron chi connectivity index (χ1n) is 5.72. The van der Waals surface area contributed by atoms with E-state index in [1.54, 1.807) is 13.3 Å². The van der Waals surface area contributed by atoms with Gasteiger partial charge in [-0.25, -0.2) is 0 Å². The van der Waals surface area contributed by atoms with Gasteiger partial charge in [0.15, 0.2) is 0 Å². The zero-order valence-electron chi connectivity index (χ0n) is 10.9. The molecule has 0 aliphatic carbocycles. The molecule has 0 unspecified atom stereocenters. The molecule has 5 heteroatoms. The van der Waals surface area contributed by atoms with Gasteiger partial charge in [0.25, 0.3) is 0 Å². The summed E-state index contributed by atoms with van der Waals surface area (Å²) in [5.41, 5.74) is 8.90. The Morgan fingerprint density at radius 3 is 2.67 bits per heavy atom. The molecule has 96 valence electrons. The van der Waals surface area contributed by atoms with E-state index in [0.29, 0.717) is 5.82 Å². The van der Waals surface area contributed by atoms with Crippen molar-refractivity contribution in [3.8, 4) is 16.9 Å². The molecule has 0 bridgehead atoms. The molecule has 2 rings (SSSR count). The maximum atomic E-state index is 5.86. The largest absolute Gasteiger partial charge is 0.496 e. The molecule has 1 heterocycles. The summed E-state index contributed by atoms with van der Waals surface area (Å²) in [7, 11) is 5.73. The SMILES string of the molecule is COc1ccc(CN(C)C)cc1-c1cn[nH]c1N. The van der Waals surface area contributed by atoms with Crippen molar-refractivity contribution in [1.82, 2.24) is 15.1 Å². The number of anilines is 1. The summed E-state index contributed by atoms with van der Waals surface area (Å²) < 4.78 is 5.37. The van der Waals surface area contributed by atoms with Gasteiger partial charge in [-0.15, -0.1) is 0 Å². The number of H-pyrrole nitrogens is 1. The van der Waals surface area contributed by atoms with Crippen LogP contribution in [0.15, 0.2) is 24.4 Å². The number of nitrogens with two attached hydrogens (primary N) is 1. The van der Waals surface area contributed by atoms with Crippen molar-refractivity contribution < 1.29 is 4.74 Å². The van der Waals surface area contributed by atoms with Crippen LogP contribution in [0.2, 0.25) is 0 Å². The van der Waals surface area contributed by atoms with E-state index in [-0.39, 0.29) is 0 Å². The third kappa shape index (κ3) is 2.46. The second kappa shape index (κ2) is 5.10. The van der Waals surface area contributed by atoms with E-state index in [2.05, 4.69) is 27.2 Å². The quantitative estimate of drug-likeness (QED) is 0.862. The first kappa shape index (κ1) is 12.4. The number of aromatic nitrogens is 2. The first-order chi connectivity index (χ1) is 8.61. The second-order valence-electron chi connectivity index (χ2n) is 4.47. The molecule has 0 aliphatic rings. The van der Waals surface area contributed by atoms with E-state index in [1.807, 2.05) is 20.2 Å². The third-order valence-electron chi connectivity index (χ3n) is 2.72. The standard InChI is InChI=1S/C13H18N4O/c1-17(2)8-9-4-5-12(18-3)10(6-9)11-7-15-16-13(11)14/h4-7H,8H2,1-3H3,(H3,14,15,16). The predicted molar refractivity (Wildman–Crippen MR) is 72.4 cm³/mol. The minimum absolute atomic E-state index is 0.551. The Morgan fingerprint density at radius 1 is 1.33 bits per heavy atom. The maximum Gasteiger partial charge on any atom is 0.126 e. The van der Waals surface area contributed by atoms with Crippen molar-refractivity contribution >= 4 is 5.82 Å². The minimum atomic E-state index is 0.551. The van der Waals surface area contributed by atoms with Gasteiger partial charge in [0.1, 0.15) is 11.6 Å². The molecule has 1 aromatic carbocycles. The van der Waals surface area contributed by atoms with Gasteiger partial charge in [0, 0.05) is 17.7 Å². The topological polar surface area (TPSA) is 67.2 Å². The Hall–Kier alpha value is -2.01. The Kier molecular flexibility index (Phi) is 3.53. The zero-order valence-corrected chi connectivity index (χ0v) is 10.9. The molecule has 2 aromatic rings. The fraction of sp³-hybridized carbons (Fsp3) is 0.308. The number of aromatic amines is 1. The van der Waals surface area contributed by atoms with Crippen LogP contribution in [-0.2, 0) is 6.54 Å². The lowest BCUT2D eigenvalue weighted by molar-refractivity contribution is 0.400. The second-order valence-corrected chi connectivity index (χ2v) is 4.47. The molecule has 0 atom stereocenters. The van der Waals surface area contributed by atoms with Crippen molar-refractivity contribution in [1.29, 1.82) is 0 Å². The molecule has 18 heavy (non-hydrogen) atoms. The van der Waals surface area contributed by atoms with Gasteiger partial charge < -0.3 is 15.4 Å². The van der Waals surface area contributed by atoms with E-state index in [0.717, 1.165) is 23.4 Å². The molecule has 3 N–H and O–H groups in total. The minimum Gasteiger partial charge on any atom is -0.496 e. The molecule has 0 amide bonds. The Labute approximate surface area is 107 Å². The highest BCUT2D eigenvalue weighted by atomic mass is 16.5. The smallest absolute Gasteiger partial charge is 0.126 e. The molecule has 0 saturated heterocycles. The molecule has 1 aromatic heterocycles. The number of methoxy groups -OCH3 is 1. The highest BCUT2D eigenvalue weighted by Gasteiger charge is 2.11. The van der Waals surface area contributed by atoms with E-state index in [4.69, 9.17) is 10.5 Å². The molecule has 0 aliphatic heterocycles. The van der Waals surface area contributed by atoms with Gasteiger partial charge in [-0.2, -0.15) is 5.10 Å². The first-order valence-corrected chi connectivity index (χ1v) is 5.72. The molecule has 5 nitrogen and oxygen atoms in total. The van der Waals surface area contributed by atoms with Crippen LogP contribution in [0.25, 0.3) is 11.1 Å².